The number of nitrogen functional groups attached to an aromatic ring is 1. The Hall–Kier alpha value is -3.93. The summed E-state index contributed by atoms with van der Waals surface area (Å²) in [5.41, 5.74) is 11.0. The van der Waals surface area contributed by atoms with E-state index in [1.807, 2.05) is 55.5 Å². The standard InChI is InChI=1S/C27H25FN4O/c1-17-11-12-19(27(33)31-20-13-14-20)15-24(17)32-26(29)22(16-30-32)25(18-7-3-2-4-8-18)21-9-5-6-10-23(21)28/h2-12,15-16,20,25H,13-14,29H2,1H3,(H,31,33). The number of hydrogen-bond acceptors (Lipinski definition) is 3. The van der Waals surface area contributed by atoms with Gasteiger partial charge in [0.2, 0.25) is 0 Å². The van der Waals surface area contributed by atoms with E-state index in [9.17, 15) is 9.18 Å². The van der Waals surface area contributed by atoms with Crippen molar-refractivity contribution in [3.05, 3.63) is 113 Å². The number of nitrogens with zero attached hydrogens (tertiary/aromatic N) is 2. The number of amides is 1. The Kier molecular flexibility index (Phi) is 5.42. The monoisotopic (exact) mass is 440 g/mol. The van der Waals surface area contributed by atoms with Gasteiger partial charge in [0.25, 0.3) is 5.91 Å². The van der Waals surface area contributed by atoms with E-state index in [1.54, 1.807) is 29.1 Å². The van der Waals surface area contributed by atoms with Gasteiger partial charge in [0.1, 0.15) is 11.6 Å². The first kappa shape index (κ1) is 20.9. The van der Waals surface area contributed by atoms with Gasteiger partial charge in [0, 0.05) is 23.1 Å². The molecule has 33 heavy (non-hydrogen) atoms. The Morgan fingerprint density at radius 2 is 1.79 bits per heavy atom. The molecule has 1 aromatic heterocycles. The molecule has 3 N–H and O–H groups in total. The second-order valence-electron chi connectivity index (χ2n) is 8.51. The molecule has 1 unspecified atom stereocenters. The van der Waals surface area contributed by atoms with Crippen LogP contribution in [0.1, 0.15) is 51.4 Å². The van der Waals surface area contributed by atoms with Gasteiger partial charge >= 0.3 is 0 Å². The fraction of sp³-hybridized carbons (Fsp3) is 0.185. The van der Waals surface area contributed by atoms with Gasteiger partial charge in [-0.15, -0.1) is 0 Å². The van der Waals surface area contributed by atoms with Crippen LogP contribution < -0.4 is 11.1 Å². The van der Waals surface area contributed by atoms with Crippen LogP contribution in [0.3, 0.4) is 0 Å². The van der Waals surface area contributed by atoms with Crippen molar-refractivity contribution in [3.63, 3.8) is 0 Å². The molecule has 1 fully saturated rings. The zero-order chi connectivity index (χ0) is 22.9. The molecule has 1 aliphatic rings. The average molecular weight is 441 g/mol. The number of benzene rings is 3. The van der Waals surface area contributed by atoms with E-state index in [0.29, 0.717) is 22.5 Å². The van der Waals surface area contributed by atoms with Crippen molar-refractivity contribution in [1.29, 1.82) is 0 Å². The molecule has 6 heteroatoms. The van der Waals surface area contributed by atoms with Gasteiger partial charge in [-0.2, -0.15) is 5.10 Å². The van der Waals surface area contributed by atoms with Crippen LogP contribution in [0.25, 0.3) is 5.69 Å². The lowest BCUT2D eigenvalue weighted by molar-refractivity contribution is 0.0951. The minimum absolute atomic E-state index is 0.0989. The lowest BCUT2D eigenvalue weighted by Gasteiger charge is -2.19. The molecule has 5 nitrogen and oxygen atoms in total. The molecular formula is C27H25FN4O. The van der Waals surface area contributed by atoms with Gasteiger partial charge in [-0.3, -0.25) is 4.79 Å². The van der Waals surface area contributed by atoms with Gasteiger partial charge in [-0.25, -0.2) is 9.07 Å². The predicted molar refractivity (Wildman–Crippen MR) is 127 cm³/mol. The first-order valence-corrected chi connectivity index (χ1v) is 11.1. The minimum atomic E-state index is -0.414. The van der Waals surface area contributed by atoms with Gasteiger partial charge in [-0.05, 0) is 54.7 Å². The molecule has 3 aromatic carbocycles. The molecule has 0 spiro atoms. The summed E-state index contributed by atoms with van der Waals surface area (Å²) in [5.74, 6) is -0.399. The van der Waals surface area contributed by atoms with Crippen molar-refractivity contribution in [1.82, 2.24) is 15.1 Å². The number of halogens is 1. The number of hydrogen-bond donors (Lipinski definition) is 2. The third-order valence-electron chi connectivity index (χ3n) is 6.11. The highest BCUT2D eigenvalue weighted by molar-refractivity contribution is 5.95. The smallest absolute Gasteiger partial charge is 0.251 e. The summed E-state index contributed by atoms with van der Waals surface area (Å²) in [5, 5.41) is 7.57. The normalized spacial score (nSPS) is 14.1. The van der Waals surface area contributed by atoms with Crippen LogP contribution >= 0.6 is 0 Å². The van der Waals surface area contributed by atoms with Crippen molar-refractivity contribution in [3.8, 4) is 5.69 Å². The maximum atomic E-state index is 14.9. The lowest BCUT2D eigenvalue weighted by atomic mass is 9.86. The molecule has 4 aromatic rings. The summed E-state index contributed by atoms with van der Waals surface area (Å²) >= 11 is 0. The van der Waals surface area contributed by atoms with E-state index < -0.39 is 5.92 Å². The fourth-order valence-corrected chi connectivity index (χ4v) is 4.14. The van der Waals surface area contributed by atoms with E-state index in [2.05, 4.69) is 10.4 Å². The topological polar surface area (TPSA) is 72.9 Å². The highest BCUT2D eigenvalue weighted by atomic mass is 19.1. The third kappa shape index (κ3) is 4.12. The zero-order valence-corrected chi connectivity index (χ0v) is 18.3. The maximum absolute atomic E-state index is 14.9. The van der Waals surface area contributed by atoms with Crippen LogP contribution in [0.2, 0.25) is 0 Å². The highest BCUT2D eigenvalue weighted by Gasteiger charge is 2.26. The van der Waals surface area contributed by atoms with Crippen molar-refractivity contribution >= 4 is 11.7 Å². The summed E-state index contributed by atoms with van der Waals surface area (Å²) in [6, 6.07) is 22.2. The van der Waals surface area contributed by atoms with Gasteiger partial charge in [0.15, 0.2) is 0 Å². The van der Waals surface area contributed by atoms with E-state index in [0.717, 1.165) is 29.7 Å². The van der Waals surface area contributed by atoms with Crippen molar-refractivity contribution in [2.75, 3.05) is 5.73 Å². The Morgan fingerprint density at radius 1 is 1.06 bits per heavy atom. The molecule has 1 atom stereocenters. The molecule has 0 saturated heterocycles. The molecular weight excluding hydrogens is 415 g/mol. The molecule has 1 saturated carbocycles. The fourth-order valence-electron chi connectivity index (χ4n) is 4.14. The number of nitrogens with one attached hydrogen (secondary N) is 1. The van der Waals surface area contributed by atoms with Gasteiger partial charge in [0.05, 0.1) is 11.9 Å². The van der Waals surface area contributed by atoms with E-state index >= 15 is 0 Å². The molecule has 0 aliphatic heterocycles. The van der Waals surface area contributed by atoms with Crippen LogP contribution in [0.15, 0.2) is 79.0 Å². The van der Waals surface area contributed by atoms with Crippen molar-refractivity contribution in [2.24, 2.45) is 0 Å². The number of anilines is 1. The number of aryl methyl sites for hydroxylation is 1. The molecule has 0 radical (unpaired) electrons. The summed E-state index contributed by atoms with van der Waals surface area (Å²) in [6.45, 7) is 1.95. The first-order valence-electron chi connectivity index (χ1n) is 11.1. The molecule has 1 heterocycles. The van der Waals surface area contributed by atoms with E-state index in [4.69, 9.17) is 5.73 Å². The van der Waals surface area contributed by atoms with Crippen LogP contribution in [-0.2, 0) is 0 Å². The Morgan fingerprint density at radius 3 is 2.52 bits per heavy atom. The van der Waals surface area contributed by atoms with Crippen LogP contribution in [0.4, 0.5) is 10.2 Å². The Bertz CT molecular complexity index is 1310. The minimum Gasteiger partial charge on any atom is -0.383 e. The van der Waals surface area contributed by atoms with Gasteiger partial charge in [-0.1, -0.05) is 54.6 Å². The molecule has 166 valence electrons. The summed E-state index contributed by atoms with van der Waals surface area (Å²) < 4.78 is 16.5. The van der Waals surface area contributed by atoms with Crippen LogP contribution in [-0.4, -0.2) is 21.7 Å². The highest BCUT2D eigenvalue weighted by Crippen LogP contribution is 2.37. The molecule has 0 bridgehead atoms. The third-order valence-corrected chi connectivity index (χ3v) is 6.11. The van der Waals surface area contributed by atoms with Crippen molar-refractivity contribution < 1.29 is 9.18 Å². The number of carbonyl (C=O) groups is 1. The lowest BCUT2D eigenvalue weighted by Crippen LogP contribution is -2.25. The Labute approximate surface area is 192 Å². The second-order valence-corrected chi connectivity index (χ2v) is 8.51. The number of aromatic nitrogens is 2. The van der Waals surface area contributed by atoms with Gasteiger partial charge < -0.3 is 11.1 Å². The molecule has 5 rings (SSSR count). The number of nitrogens with two attached hydrogens (primary N) is 1. The maximum Gasteiger partial charge on any atom is 0.251 e. The number of carbonyl (C=O) groups excluding carboxylic acids is 1. The van der Waals surface area contributed by atoms with Crippen molar-refractivity contribution in [2.45, 2.75) is 31.7 Å². The summed E-state index contributed by atoms with van der Waals surface area (Å²) in [6.07, 6.45) is 3.74. The SMILES string of the molecule is Cc1ccc(C(=O)NC2CC2)cc1-n1ncc(C(c2ccccc2)c2ccccc2F)c1N. The second kappa shape index (κ2) is 8.54. The van der Waals surface area contributed by atoms with Crippen LogP contribution in [0, 0.1) is 12.7 Å². The Balaban J connectivity index is 1.59. The van der Waals surface area contributed by atoms with E-state index in [1.165, 1.54) is 6.07 Å². The quantitative estimate of drug-likeness (QED) is 0.444. The predicted octanol–water partition coefficient (Wildman–Crippen LogP) is 4.97. The zero-order valence-electron chi connectivity index (χ0n) is 18.3. The van der Waals surface area contributed by atoms with Crippen LogP contribution in [0.5, 0.6) is 0 Å². The molecule has 1 aliphatic carbocycles. The molecule has 1 amide bonds. The summed E-state index contributed by atoms with van der Waals surface area (Å²) in [7, 11) is 0. The largest absolute Gasteiger partial charge is 0.383 e. The summed E-state index contributed by atoms with van der Waals surface area (Å²) in [4.78, 5) is 12.6. The first-order chi connectivity index (χ1) is 16.0. The average Bonchev–Trinajstić information content (AvgIpc) is 3.57. The van der Waals surface area contributed by atoms with E-state index in [-0.39, 0.29) is 17.8 Å². The number of rotatable bonds is 6.